The van der Waals surface area contributed by atoms with Gasteiger partial charge in [0.05, 0.1) is 17.2 Å². The summed E-state index contributed by atoms with van der Waals surface area (Å²) in [5, 5.41) is 10.4. The van der Waals surface area contributed by atoms with Gasteiger partial charge in [0, 0.05) is 19.3 Å². The minimum Gasteiger partial charge on any atom is -0.349 e. The third-order valence-corrected chi connectivity index (χ3v) is 2.93. The molecule has 2 N–H and O–H groups in total. The van der Waals surface area contributed by atoms with Gasteiger partial charge in [0.15, 0.2) is 5.82 Å². The maximum atomic E-state index is 11.9. The summed E-state index contributed by atoms with van der Waals surface area (Å²) < 4.78 is 1.73. The molecule has 0 bridgehead atoms. The second-order valence-electron chi connectivity index (χ2n) is 4.38. The molecule has 7 heteroatoms. The standard InChI is InChI=1S/C13H14N6O/c20-13(14-6-3-8-19-9-7-15-18-19)12-16-10-4-1-2-5-11(10)17-12/h1-2,4-5,7,9H,3,6,8H2,(H,14,20)(H,16,17). The van der Waals surface area contributed by atoms with E-state index in [0.717, 1.165) is 24.0 Å². The van der Waals surface area contributed by atoms with E-state index in [1.807, 2.05) is 24.3 Å². The smallest absolute Gasteiger partial charge is 0.287 e. The van der Waals surface area contributed by atoms with Gasteiger partial charge in [-0.3, -0.25) is 9.48 Å². The van der Waals surface area contributed by atoms with E-state index >= 15 is 0 Å². The number of para-hydroxylation sites is 2. The number of aromatic amines is 1. The summed E-state index contributed by atoms with van der Waals surface area (Å²) in [6.45, 7) is 1.29. The zero-order chi connectivity index (χ0) is 13.8. The Morgan fingerprint density at radius 1 is 1.35 bits per heavy atom. The lowest BCUT2D eigenvalue weighted by Crippen LogP contribution is -2.26. The predicted molar refractivity (Wildman–Crippen MR) is 73.1 cm³/mol. The summed E-state index contributed by atoms with van der Waals surface area (Å²) in [7, 11) is 0. The second kappa shape index (κ2) is 5.52. The van der Waals surface area contributed by atoms with Gasteiger partial charge < -0.3 is 10.3 Å². The molecule has 2 heterocycles. The number of nitrogens with zero attached hydrogens (tertiary/aromatic N) is 4. The van der Waals surface area contributed by atoms with E-state index in [2.05, 4.69) is 25.6 Å². The van der Waals surface area contributed by atoms with Crippen LogP contribution in [-0.2, 0) is 6.54 Å². The van der Waals surface area contributed by atoms with Crippen molar-refractivity contribution in [3.8, 4) is 0 Å². The number of amides is 1. The van der Waals surface area contributed by atoms with Gasteiger partial charge in [0.1, 0.15) is 0 Å². The Morgan fingerprint density at radius 2 is 2.25 bits per heavy atom. The molecule has 0 aliphatic heterocycles. The van der Waals surface area contributed by atoms with Gasteiger partial charge >= 0.3 is 0 Å². The third-order valence-electron chi connectivity index (χ3n) is 2.93. The predicted octanol–water partition coefficient (Wildman–Crippen LogP) is 0.974. The van der Waals surface area contributed by atoms with Crippen LogP contribution in [0.25, 0.3) is 11.0 Å². The molecular formula is C13H14N6O. The van der Waals surface area contributed by atoms with Crippen LogP contribution in [0.2, 0.25) is 0 Å². The Hall–Kier alpha value is -2.70. The van der Waals surface area contributed by atoms with Gasteiger partial charge in [0.25, 0.3) is 5.91 Å². The fraction of sp³-hybridized carbons (Fsp3) is 0.231. The average molecular weight is 270 g/mol. The molecule has 20 heavy (non-hydrogen) atoms. The summed E-state index contributed by atoms with van der Waals surface area (Å²) in [4.78, 5) is 19.2. The quantitative estimate of drug-likeness (QED) is 0.676. The lowest BCUT2D eigenvalue weighted by atomic mass is 10.3. The van der Waals surface area contributed by atoms with Crippen LogP contribution in [0.15, 0.2) is 36.7 Å². The molecular weight excluding hydrogens is 256 g/mol. The normalized spacial score (nSPS) is 10.8. The topological polar surface area (TPSA) is 88.5 Å². The summed E-state index contributed by atoms with van der Waals surface area (Å²) in [6, 6.07) is 7.56. The number of imidazole rings is 1. The maximum absolute atomic E-state index is 11.9. The highest BCUT2D eigenvalue weighted by Gasteiger charge is 2.10. The number of nitrogens with one attached hydrogen (secondary N) is 2. The molecule has 0 saturated carbocycles. The molecule has 0 radical (unpaired) electrons. The number of H-pyrrole nitrogens is 1. The van der Waals surface area contributed by atoms with E-state index in [1.54, 1.807) is 17.1 Å². The zero-order valence-electron chi connectivity index (χ0n) is 10.8. The maximum Gasteiger partial charge on any atom is 0.287 e. The molecule has 1 aromatic carbocycles. The molecule has 3 aromatic rings. The Kier molecular flexibility index (Phi) is 3.40. The summed E-state index contributed by atoms with van der Waals surface area (Å²) in [5.41, 5.74) is 1.65. The Bertz CT molecular complexity index is 670. The first kappa shape index (κ1) is 12.3. The highest BCUT2D eigenvalue weighted by molar-refractivity contribution is 5.94. The van der Waals surface area contributed by atoms with Gasteiger partial charge in [-0.15, -0.1) is 5.10 Å². The summed E-state index contributed by atoms with van der Waals surface area (Å²) in [6.07, 6.45) is 4.21. The highest BCUT2D eigenvalue weighted by atomic mass is 16.2. The number of hydrogen-bond acceptors (Lipinski definition) is 4. The highest BCUT2D eigenvalue weighted by Crippen LogP contribution is 2.09. The van der Waals surface area contributed by atoms with Gasteiger partial charge in [0.2, 0.25) is 0 Å². The van der Waals surface area contributed by atoms with Crippen LogP contribution in [-0.4, -0.2) is 37.4 Å². The van der Waals surface area contributed by atoms with Crippen LogP contribution in [0.3, 0.4) is 0 Å². The van der Waals surface area contributed by atoms with Crippen LogP contribution >= 0.6 is 0 Å². The fourth-order valence-electron chi connectivity index (χ4n) is 1.94. The average Bonchev–Trinajstić information content (AvgIpc) is 3.12. The molecule has 0 unspecified atom stereocenters. The fourth-order valence-corrected chi connectivity index (χ4v) is 1.94. The number of rotatable bonds is 5. The van der Waals surface area contributed by atoms with Crippen LogP contribution in [0.1, 0.15) is 17.0 Å². The minimum absolute atomic E-state index is 0.195. The molecule has 0 atom stereocenters. The molecule has 3 rings (SSSR count). The van der Waals surface area contributed by atoms with Crippen LogP contribution in [0.4, 0.5) is 0 Å². The van der Waals surface area contributed by atoms with Crippen molar-refractivity contribution in [3.63, 3.8) is 0 Å². The molecule has 102 valence electrons. The number of carbonyl (C=O) groups excluding carboxylic acids is 1. The molecule has 7 nitrogen and oxygen atoms in total. The number of benzene rings is 1. The zero-order valence-corrected chi connectivity index (χ0v) is 10.8. The SMILES string of the molecule is O=C(NCCCn1ccnn1)c1nc2ccccc2[nH]1. The Labute approximate surface area is 115 Å². The van der Waals surface area contributed by atoms with Crippen molar-refractivity contribution in [1.82, 2.24) is 30.3 Å². The van der Waals surface area contributed by atoms with Gasteiger partial charge in [-0.2, -0.15) is 0 Å². The van der Waals surface area contributed by atoms with Crippen molar-refractivity contribution in [3.05, 3.63) is 42.5 Å². The van der Waals surface area contributed by atoms with Gasteiger partial charge in [-0.05, 0) is 18.6 Å². The van der Waals surface area contributed by atoms with Gasteiger partial charge in [-0.1, -0.05) is 17.3 Å². The molecule has 0 aliphatic rings. The van der Waals surface area contributed by atoms with Crippen molar-refractivity contribution >= 4 is 16.9 Å². The van der Waals surface area contributed by atoms with Gasteiger partial charge in [-0.25, -0.2) is 4.98 Å². The monoisotopic (exact) mass is 270 g/mol. The molecule has 0 aliphatic carbocycles. The van der Waals surface area contributed by atoms with Crippen LogP contribution in [0.5, 0.6) is 0 Å². The first-order valence-electron chi connectivity index (χ1n) is 6.40. The van der Waals surface area contributed by atoms with E-state index in [9.17, 15) is 4.79 Å². The van der Waals surface area contributed by atoms with Crippen molar-refractivity contribution in [2.75, 3.05) is 6.54 Å². The molecule has 0 spiro atoms. The Balaban J connectivity index is 1.53. The third kappa shape index (κ3) is 2.66. The number of carbonyl (C=O) groups is 1. The summed E-state index contributed by atoms with van der Waals surface area (Å²) in [5.74, 6) is 0.145. The number of aromatic nitrogens is 5. The molecule has 0 saturated heterocycles. The van der Waals surface area contributed by atoms with Crippen molar-refractivity contribution in [1.29, 1.82) is 0 Å². The molecule has 2 aromatic heterocycles. The van der Waals surface area contributed by atoms with Crippen LogP contribution in [0, 0.1) is 0 Å². The van der Waals surface area contributed by atoms with E-state index < -0.39 is 0 Å². The second-order valence-corrected chi connectivity index (χ2v) is 4.38. The molecule has 1 amide bonds. The Morgan fingerprint density at radius 3 is 3.05 bits per heavy atom. The lowest BCUT2D eigenvalue weighted by molar-refractivity contribution is 0.0943. The minimum atomic E-state index is -0.195. The van der Waals surface area contributed by atoms with Crippen LogP contribution < -0.4 is 5.32 Å². The van der Waals surface area contributed by atoms with Crippen molar-refractivity contribution < 1.29 is 4.79 Å². The van der Waals surface area contributed by atoms with E-state index in [1.165, 1.54) is 0 Å². The van der Waals surface area contributed by atoms with E-state index in [-0.39, 0.29) is 5.91 Å². The van der Waals surface area contributed by atoms with E-state index in [4.69, 9.17) is 0 Å². The number of hydrogen-bond donors (Lipinski definition) is 2. The lowest BCUT2D eigenvalue weighted by Gasteiger charge is -2.02. The van der Waals surface area contributed by atoms with Crippen molar-refractivity contribution in [2.45, 2.75) is 13.0 Å². The number of fused-ring (bicyclic) bond motifs is 1. The summed E-state index contributed by atoms with van der Waals surface area (Å²) >= 11 is 0. The number of aryl methyl sites for hydroxylation is 1. The van der Waals surface area contributed by atoms with Crippen molar-refractivity contribution in [2.24, 2.45) is 0 Å². The first-order chi connectivity index (χ1) is 9.83. The first-order valence-corrected chi connectivity index (χ1v) is 6.40. The largest absolute Gasteiger partial charge is 0.349 e. The van der Waals surface area contributed by atoms with E-state index in [0.29, 0.717) is 12.4 Å². The molecule has 0 fully saturated rings.